The number of aliphatic hydroxyl groups excluding tert-OH is 1. The number of carbonyl (C=O) groups is 4. The van der Waals surface area contributed by atoms with E-state index < -0.39 is 43.5 Å². The van der Waals surface area contributed by atoms with Crippen molar-refractivity contribution in [1.82, 2.24) is 4.90 Å². The standard InChI is InChI=1S/C59H51FN4O8Si/c1-36-55(73(2,3)60)53(32-54(66)61-34-39-17-5-4-16-38(39)30-42(61)35-65)72-59(36)45-31-41(64-48-22-9-13-26-52(48)71-50-24-11-7-20-44(50)57(64)68)27-28-46(45)62(58(59)69)33-37-15-14-18-40(29-37)63-47-21-8-12-25-51(47)70-49-23-10-6-19-43(49)56(63)67/h4-29,31,36,42,53,55,65H,30,32-35H2,1-3H3/t36-,42-,53+,55-,59+/m0/s1. The van der Waals surface area contributed by atoms with E-state index in [9.17, 15) is 19.5 Å². The third-order valence-corrected chi connectivity index (χ3v) is 17.7. The number of hydrogen-bond acceptors (Lipinski definition) is 8. The summed E-state index contributed by atoms with van der Waals surface area (Å²) in [6, 6.07) is 48.9. The zero-order chi connectivity index (χ0) is 50.3. The molecule has 1 spiro atoms. The first-order chi connectivity index (χ1) is 35.3. The van der Waals surface area contributed by atoms with Crippen molar-refractivity contribution in [2.45, 2.75) is 69.2 Å². The molecule has 5 aliphatic rings. The molecule has 4 amide bonds. The number of carbonyl (C=O) groups excluding carboxylic acids is 4. The number of para-hydroxylation sites is 6. The number of rotatable bonds is 8. The van der Waals surface area contributed by atoms with Crippen molar-refractivity contribution >= 4 is 60.5 Å². The Morgan fingerprint density at radius 1 is 0.671 bits per heavy atom. The number of fused-ring (bicyclic) bond motifs is 7. The number of amides is 4. The first kappa shape index (κ1) is 46.2. The Labute approximate surface area is 422 Å². The Hall–Kier alpha value is -7.91. The minimum Gasteiger partial charge on any atom is -0.454 e. The van der Waals surface area contributed by atoms with E-state index >= 15 is 8.90 Å². The van der Waals surface area contributed by atoms with Gasteiger partial charge in [-0.15, -0.1) is 0 Å². The van der Waals surface area contributed by atoms with E-state index in [2.05, 4.69) is 0 Å². The maximum atomic E-state index is 17.3. The highest BCUT2D eigenvalue weighted by Gasteiger charge is 2.67. The predicted octanol–water partition coefficient (Wildman–Crippen LogP) is 11.5. The Kier molecular flexibility index (Phi) is 11.2. The van der Waals surface area contributed by atoms with E-state index in [1.807, 2.05) is 97.9 Å². The van der Waals surface area contributed by atoms with Crippen molar-refractivity contribution < 1.29 is 42.6 Å². The summed E-state index contributed by atoms with van der Waals surface area (Å²) < 4.78 is 37.2. The Morgan fingerprint density at radius 2 is 1.23 bits per heavy atom. The van der Waals surface area contributed by atoms with Gasteiger partial charge < -0.3 is 33.2 Å². The molecule has 5 heterocycles. The normalized spacial score (nSPS) is 21.8. The lowest BCUT2D eigenvalue weighted by Gasteiger charge is -2.37. The van der Waals surface area contributed by atoms with Gasteiger partial charge in [-0.1, -0.05) is 91.9 Å². The number of aliphatic hydroxyl groups is 1. The molecule has 0 radical (unpaired) electrons. The van der Waals surface area contributed by atoms with Crippen LogP contribution in [0.15, 0.2) is 164 Å². The molecule has 0 aromatic heterocycles. The van der Waals surface area contributed by atoms with Crippen LogP contribution in [0.3, 0.4) is 0 Å². The lowest BCUT2D eigenvalue weighted by molar-refractivity contribution is -0.151. The van der Waals surface area contributed by atoms with Crippen molar-refractivity contribution in [3.8, 4) is 23.0 Å². The summed E-state index contributed by atoms with van der Waals surface area (Å²) in [6.07, 6.45) is -0.769. The molecule has 12 nitrogen and oxygen atoms in total. The van der Waals surface area contributed by atoms with Crippen LogP contribution in [-0.4, -0.2) is 60.8 Å². The van der Waals surface area contributed by atoms with E-state index in [0.717, 1.165) is 11.1 Å². The van der Waals surface area contributed by atoms with Crippen LogP contribution in [0.5, 0.6) is 23.0 Å². The Bertz CT molecular complexity index is 3420. The van der Waals surface area contributed by atoms with E-state index in [-0.39, 0.29) is 43.8 Å². The second-order valence-electron chi connectivity index (χ2n) is 20.0. The van der Waals surface area contributed by atoms with E-state index in [4.69, 9.17) is 14.2 Å². The molecule has 0 bridgehead atoms. The highest BCUT2D eigenvalue weighted by molar-refractivity contribution is 6.72. The summed E-state index contributed by atoms with van der Waals surface area (Å²) in [5.74, 6) is -0.398. The molecule has 0 aliphatic carbocycles. The van der Waals surface area contributed by atoms with Gasteiger partial charge in [0.1, 0.15) is 11.5 Å². The predicted molar refractivity (Wildman–Crippen MR) is 277 cm³/mol. The molecule has 1 saturated heterocycles. The first-order valence-electron chi connectivity index (χ1n) is 24.6. The molecule has 73 heavy (non-hydrogen) atoms. The van der Waals surface area contributed by atoms with Crippen molar-refractivity contribution in [3.63, 3.8) is 0 Å². The number of ether oxygens (including phenoxy) is 3. The number of halogens is 1. The molecule has 366 valence electrons. The molecule has 5 atom stereocenters. The molecule has 0 unspecified atom stereocenters. The maximum Gasteiger partial charge on any atom is 0.266 e. The lowest BCUT2D eigenvalue weighted by Crippen LogP contribution is -2.48. The fourth-order valence-corrected chi connectivity index (χ4v) is 14.5. The third-order valence-electron chi connectivity index (χ3n) is 15.3. The zero-order valence-corrected chi connectivity index (χ0v) is 41.4. The lowest BCUT2D eigenvalue weighted by atomic mass is 9.82. The summed E-state index contributed by atoms with van der Waals surface area (Å²) in [5, 5.41) is 10.6. The van der Waals surface area contributed by atoms with Gasteiger partial charge in [0.05, 0.1) is 59.9 Å². The number of anilines is 5. The van der Waals surface area contributed by atoms with Gasteiger partial charge in [-0.25, -0.2) is 0 Å². The summed E-state index contributed by atoms with van der Waals surface area (Å²) in [4.78, 5) is 66.5. The molecule has 1 N–H and O–H groups in total. The van der Waals surface area contributed by atoms with Gasteiger partial charge in [-0.05, 0) is 115 Å². The highest BCUT2D eigenvalue weighted by Crippen LogP contribution is 2.61. The number of nitrogens with zero attached hydrogens (tertiary/aromatic N) is 4. The van der Waals surface area contributed by atoms with Crippen LogP contribution in [0, 0.1) is 5.92 Å². The summed E-state index contributed by atoms with van der Waals surface area (Å²) in [6.45, 7) is 5.08. The molecule has 7 aromatic carbocycles. The van der Waals surface area contributed by atoms with Crippen molar-refractivity contribution in [2.24, 2.45) is 5.92 Å². The molecular formula is C59H51FN4O8Si. The second-order valence-corrected chi connectivity index (χ2v) is 23.8. The largest absolute Gasteiger partial charge is 0.454 e. The molecule has 0 saturated carbocycles. The van der Waals surface area contributed by atoms with E-state index in [0.29, 0.717) is 80.1 Å². The van der Waals surface area contributed by atoms with Crippen molar-refractivity contribution in [3.05, 3.63) is 197 Å². The fourth-order valence-electron chi connectivity index (χ4n) is 12.0. The second kappa shape index (κ2) is 17.7. The number of benzene rings is 7. The minimum atomic E-state index is -3.78. The van der Waals surface area contributed by atoms with Gasteiger partial charge in [-0.2, -0.15) is 0 Å². The Balaban J connectivity index is 0.969. The van der Waals surface area contributed by atoms with Gasteiger partial charge >= 0.3 is 0 Å². The summed E-state index contributed by atoms with van der Waals surface area (Å²) in [7, 11) is -3.78. The van der Waals surface area contributed by atoms with E-state index in [1.165, 1.54) is 0 Å². The highest BCUT2D eigenvalue weighted by atomic mass is 28.4. The van der Waals surface area contributed by atoms with E-state index in [1.54, 1.807) is 105 Å². The zero-order valence-electron chi connectivity index (χ0n) is 40.4. The van der Waals surface area contributed by atoms with Crippen molar-refractivity contribution in [2.75, 3.05) is 21.3 Å². The topological polar surface area (TPSA) is 129 Å². The number of hydrogen-bond donors (Lipinski definition) is 1. The molecule has 7 aromatic rings. The summed E-state index contributed by atoms with van der Waals surface area (Å²) in [5.41, 5.74) is 3.73. The van der Waals surface area contributed by atoms with Crippen LogP contribution in [-0.2, 0) is 39.4 Å². The van der Waals surface area contributed by atoms with Gasteiger partial charge in [0.15, 0.2) is 17.1 Å². The smallest absolute Gasteiger partial charge is 0.266 e. The quantitative estimate of drug-likeness (QED) is 0.118. The Morgan fingerprint density at radius 3 is 1.85 bits per heavy atom. The average molecular weight is 991 g/mol. The van der Waals surface area contributed by atoms with Crippen LogP contribution in [0.4, 0.5) is 32.5 Å². The molecular weight excluding hydrogens is 940 g/mol. The van der Waals surface area contributed by atoms with Gasteiger partial charge in [-0.3, -0.25) is 29.0 Å². The van der Waals surface area contributed by atoms with Crippen molar-refractivity contribution in [1.29, 1.82) is 0 Å². The van der Waals surface area contributed by atoms with Crippen LogP contribution in [0.2, 0.25) is 18.6 Å². The van der Waals surface area contributed by atoms with Gasteiger partial charge in [0.2, 0.25) is 14.3 Å². The molecule has 14 heteroatoms. The maximum absolute atomic E-state index is 17.3. The van der Waals surface area contributed by atoms with Crippen LogP contribution in [0.25, 0.3) is 0 Å². The molecule has 5 aliphatic heterocycles. The third kappa shape index (κ3) is 7.53. The van der Waals surface area contributed by atoms with Crippen LogP contribution < -0.4 is 24.2 Å². The van der Waals surface area contributed by atoms with Crippen LogP contribution >= 0.6 is 0 Å². The average Bonchev–Trinajstić information content (AvgIpc) is 3.70. The first-order valence-corrected chi connectivity index (χ1v) is 27.6. The van der Waals surface area contributed by atoms with Gasteiger partial charge in [0.25, 0.3) is 17.7 Å². The minimum absolute atomic E-state index is 0.0242. The fraction of sp³-hybridized carbons (Fsp3) is 0.220. The molecule has 12 rings (SSSR count). The SMILES string of the molecule is C[C@H]1[C@H]([Si](C)(C)F)[C@@H](CC(=O)N2Cc3ccccc3C[C@H]2CO)O[C@]12C(=O)N(Cc1cccc(N3C(=O)c4ccccc4Oc4ccccc43)c1)c1ccc(N3C(=O)c4ccccc4Oc4ccccc43)cc12. The van der Waals surface area contributed by atoms with Crippen LogP contribution in [0.1, 0.15) is 56.3 Å². The summed E-state index contributed by atoms with van der Waals surface area (Å²) >= 11 is 0. The van der Waals surface area contributed by atoms with Gasteiger partial charge in [0, 0.05) is 34.9 Å². The monoisotopic (exact) mass is 990 g/mol. The molecule has 1 fully saturated rings.